The topological polar surface area (TPSA) is 26.3 Å². The van der Waals surface area contributed by atoms with E-state index in [-0.39, 0.29) is 17.1 Å². The summed E-state index contributed by atoms with van der Waals surface area (Å²) in [6.45, 7) is 1.75. The summed E-state index contributed by atoms with van der Waals surface area (Å²) in [5.74, 6) is -0.131. The molecule has 5 heteroatoms. The van der Waals surface area contributed by atoms with E-state index in [0.29, 0.717) is 6.42 Å². The number of hydrogen-bond donors (Lipinski definition) is 0. The third kappa shape index (κ3) is 1.66. The molecule has 1 aromatic carbocycles. The predicted octanol–water partition coefficient (Wildman–Crippen LogP) is 3.06. The fourth-order valence-corrected chi connectivity index (χ4v) is 1.65. The second-order valence-electron chi connectivity index (χ2n) is 3.59. The number of ether oxygens (including phenoxy) is 1. The van der Waals surface area contributed by atoms with Gasteiger partial charge in [-0.05, 0) is 24.6 Å². The van der Waals surface area contributed by atoms with Crippen molar-refractivity contribution in [3.05, 3.63) is 29.3 Å². The summed E-state index contributed by atoms with van der Waals surface area (Å²) in [7, 11) is 0. The van der Waals surface area contributed by atoms with E-state index >= 15 is 0 Å². The van der Waals surface area contributed by atoms with Gasteiger partial charge in [-0.1, -0.05) is 6.92 Å². The van der Waals surface area contributed by atoms with Crippen molar-refractivity contribution in [3.63, 3.8) is 0 Å². The highest BCUT2D eigenvalue weighted by Gasteiger charge is 2.36. The number of ketones is 1. The highest BCUT2D eigenvalue weighted by atomic mass is 19.4. The Bertz CT molecular complexity index is 437. The molecule has 1 atom stereocenters. The molecule has 0 aliphatic carbocycles. The minimum absolute atomic E-state index is 0.0293. The molecule has 1 aliphatic rings. The van der Waals surface area contributed by atoms with E-state index in [1.54, 1.807) is 6.92 Å². The van der Waals surface area contributed by atoms with Crippen LogP contribution in [0.5, 0.6) is 5.75 Å². The first-order chi connectivity index (χ1) is 7.43. The Kier molecular flexibility index (Phi) is 2.40. The van der Waals surface area contributed by atoms with E-state index < -0.39 is 17.8 Å². The Labute approximate surface area is 90.0 Å². The number of fused-ring (bicyclic) bond motifs is 1. The second-order valence-corrected chi connectivity index (χ2v) is 3.59. The van der Waals surface area contributed by atoms with Gasteiger partial charge < -0.3 is 4.74 Å². The summed E-state index contributed by atoms with van der Waals surface area (Å²) < 4.78 is 42.5. The fourth-order valence-electron chi connectivity index (χ4n) is 1.65. The lowest BCUT2D eigenvalue weighted by Gasteiger charge is -2.07. The lowest BCUT2D eigenvalue weighted by atomic mass is 10.0. The van der Waals surface area contributed by atoms with Crippen molar-refractivity contribution in [2.24, 2.45) is 0 Å². The number of Topliss-reactive ketones (excluding diaryl/α,β-unsaturated/α-hetero) is 1. The van der Waals surface area contributed by atoms with Gasteiger partial charge in [-0.25, -0.2) is 0 Å². The average Bonchev–Trinajstić information content (AvgIpc) is 2.54. The van der Waals surface area contributed by atoms with E-state index in [2.05, 4.69) is 0 Å². The molecule has 0 fully saturated rings. The van der Waals surface area contributed by atoms with Gasteiger partial charge in [0.1, 0.15) is 5.75 Å². The predicted molar refractivity (Wildman–Crippen MR) is 50.5 cm³/mol. The van der Waals surface area contributed by atoms with E-state index in [4.69, 9.17) is 4.74 Å². The molecule has 0 spiro atoms. The number of benzene rings is 1. The van der Waals surface area contributed by atoms with Gasteiger partial charge in [0.25, 0.3) is 0 Å². The standard InChI is InChI=1S/C11H9F3O2/c1-2-8-10(15)7-5-6(11(12,13)14)3-4-9(7)16-8/h3-5,8H,2H2,1H3. The zero-order valence-corrected chi connectivity index (χ0v) is 8.47. The Morgan fingerprint density at radius 3 is 2.62 bits per heavy atom. The summed E-state index contributed by atoms with van der Waals surface area (Å²) in [6, 6.07) is 2.98. The van der Waals surface area contributed by atoms with Gasteiger partial charge in [0.2, 0.25) is 5.78 Å². The number of halogens is 3. The first kappa shape index (κ1) is 11.0. The van der Waals surface area contributed by atoms with Crippen LogP contribution in [0.4, 0.5) is 13.2 Å². The zero-order chi connectivity index (χ0) is 11.9. The van der Waals surface area contributed by atoms with Crippen LogP contribution in [-0.2, 0) is 6.18 Å². The lowest BCUT2D eigenvalue weighted by molar-refractivity contribution is -0.137. The van der Waals surface area contributed by atoms with E-state index in [0.717, 1.165) is 12.1 Å². The van der Waals surface area contributed by atoms with Crippen LogP contribution >= 0.6 is 0 Å². The summed E-state index contributed by atoms with van der Waals surface area (Å²) in [5, 5.41) is 0. The van der Waals surface area contributed by atoms with Gasteiger partial charge >= 0.3 is 6.18 Å². The molecule has 2 rings (SSSR count). The number of rotatable bonds is 1. The molecule has 1 aliphatic heterocycles. The maximum absolute atomic E-state index is 12.4. The van der Waals surface area contributed by atoms with E-state index in [9.17, 15) is 18.0 Å². The number of hydrogen-bond acceptors (Lipinski definition) is 2. The number of alkyl halides is 3. The first-order valence-corrected chi connectivity index (χ1v) is 4.85. The van der Waals surface area contributed by atoms with Gasteiger partial charge in [-0.2, -0.15) is 13.2 Å². The molecule has 0 radical (unpaired) electrons. The fraction of sp³-hybridized carbons (Fsp3) is 0.364. The highest BCUT2D eigenvalue weighted by molar-refractivity contribution is 6.04. The quantitative estimate of drug-likeness (QED) is 0.741. The van der Waals surface area contributed by atoms with Crippen LogP contribution in [0, 0.1) is 0 Å². The molecule has 0 aromatic heterocycles. The Morgan fingerprint density at radius 1 is 1.38 bits per heavy atom. The Balaban J connectivity index is 2.43. The second kappa shape index (κ2) is 3.50. The molecule has 0 saturated carbocycles. The van der Waals surface area contributed by atoms with Crippen LogP contribution in [0.1, 0.15) is 29.3 Å². The number of carbonyl (C=O) groups excluding carboxylic acids is 1. The normalized spacial score (nSPS) is 19.5. The van der Waals surface area contributed by atoms with Gasteiger partial charge in [-0.3, -0.25) is 4.79 Å². The number of carbonyl (C=O) groups is 1. The molecule has 16 heavy (non-hydrogen) atoms. The molecule has 0 saturated heterocycles. The van der Waals surface area contributed by atoms with Crippen molar-refractivity contribution >= 4 is 5.78 Å². The van der Waals surface area contributed by atoms with E-state index in [1.807, 2.05) is 0 Å². The van der Waals surface area contributed by atoms with Crippen LogP contribution in [0.3, 0.4) is 0 Å². The van der Waals surface area contributed by atoms with Crippen molar-refractivity contribution in [1.29, 1.82) is 0 Å². The van der Waals surface area contributed by atoms with Crippen LogP contribution < -0.4 is 4.74 Å². The molecule has 1 heterocycles. The summed E-state index contributed by atoms with van der Waals surface area (Å²) in [6.07, 6.45) is -4.62. The van der Waals surface area contributed by atoms with Gasteiger partial charge in [0.05, 0.1) is 11.1 Å². The maximum Gasteiger partial charge on any atom is 0.416 e. The van der Waals surface area contributed by atoms with Crippen LogP contribution in [0.2, 0.25) is 0 Å². The zero-order valence-electron chi connectivity index (χ0n) is 8.47. The van der Waals surface area contributed by atoms with Crippen molar-refractivity contribution in [3.8, 4) is 5.75 Å². The van der Waals surface area contributed by atoms with Crippen molar-refractivity contribution < 1.29 is 22.7 Å². The molecule has 0 N–H and O–H groups in total. The van der Waals surface area contributed by atoms with Crippen LogP contribution in [-0.4, -0.2) is 11.9 Å². The summed E-state index contributed by atoms with van der Waals surface area (Å²) in [4.78, 5) is 11.6. The molecular formula is C11H9F3O2. The van der Waals surface area contributed by atoms with Crippen molar-refractivity contribution in [1.82, 2.24) is 0 Å². The van der Waals surface area contributed by atoms with Gasteiger partial charge in [-0.15, -0.1) is 0 Å². The van der Waals surface area contributed by atoms with Gasteiger partial charge in [0.15, 0.2) is 6.10 Å². The largest absolute Gasteiger partial charge is 0.482 e. The van der Waals surface area contributed by atoms with Crippen molar-refractivity contribution in [2.45, 2.75) is 25.6 Å². The van der Waals surface area contributed by atoms with Gasteiger partial charge in [0, 0.05) is 0 Å². The average molecular weight is 230 g/mol. The highest BCUT2D eigenvalue weighted by Crippen LogP contribution is 2.36. The molecule has 86 valence electrons. The molecule has 1 aromatic rings. The molecule has 2 nitrogen and oxygen atoms in total. The molecule has 0 amide bonds. The summed E-state index contributed by atoms with van der Waals surface area (Å²) in [5.41, 5.74) is -0.790. The minimum Gasteiger partial charge on any atom is -0.482 e. The van der Waals surface area contributed by atoms with Crippen molar-refractivity contribution in [2.75, 3.05) is 0 Å². The monoisotopic (exact) mass is 230 g/mol. The third-order valence-corrected chi connectivity index (χ3v) is 2.50. The Morgan fingerprint density at radius 2 is 2.06 bits per heavy atom. The van der Waals surface area contributed by atoms with E-state index in [1.165, 1.54) is 6.07 Å². The minimum atomic E-state index is -4.43. The molecule has 0 bridgehead atoms. The molecular weight excluding hydrogens is 221 g/mol. The molecule has 1 unspecified atom stereocenters. The smallest absolute Gasteiger partial charge is 0.416 e. The SMILES string of the molecule is CCC1Oc2ccc(C(F)(F)F)cc2C1=O. The summed E-state index contributed by atoms with van der Waals surface area (Å²) >= 11 is 0. The third-order valence-electron chi connectivity index (χ3n) is 2.50. The van der Waals surface area contributed by atoms with Crippen LogP contribution in [0.25, 0.3) is 0 Å². The lowest BCUT2D eigenvalue weighted by Crippen LogP contribution is -2.18. The van der Waals surface area contributed by atoms with Crippen LogP contribution in [0.15, 0.2) is 18.2 Å². The Hall–Kier alpha value is -1.52. The maximum atomic E-state index is 12.4. The first-order valence-electron chi connectivity index (χ1n) is 4.85.